The van der Waals surface area contributed by atoms with Crippen LogP contribution in [0.2, 0.25) is 0 Å². The number of halogens is 1. The number of hydrogen-bond donors (Lipinski definition) is 1. The van der Waals surface area contributed by atoms with Gasteiger partial charge >= 0.3 is 0 Å². The number of aryl methyl sites for hydroxylation is 2. The maximum Gasteiger partial charge on any atom is 0.256 e. The van der Waals surface area contributed by atoms with E-state index in [9.17, 15) is 14.0 Å². The van der Waals surface area contributed by atoms with Gasteiger partial charge in [-0.05, 0) is 50.5 Å². The maximum absolute atomic E-state index is 13.9. The second-order valence-electron chi connectivity index (χ2n) is 6.88. The SMILES string of the molecule is Cc1ccc(NC(=O)[C@@H]2CCCN(C(=O)c3ccccc3F)C2)c(C)c1. The highest BCUT2D eigenvalue weighted by atomic mass is 19.1. The molecule has 5 heteroatoms. The van der Waals surface area contributed by atoms with Crippen molar-refractivity contribution in [2.75, 3.05) is 18.4 Å². The lowest BCUT2D eigenvalue weighted by atomic mass is 9.96. The Kier molecular flexibility index (Phi) is 5.35. The Labute approximate surface area is 153 Å². The van der Waals surface area contributed by atoms with Crippen molar-refractivity contribution in [3.05, 3.63) is 65.0 Å². The first-order valence-corrected chi connectivity index (χ1v) is 8.87. The van der Waals surface area contributed by atoms with Crippen molar-refractivity contribution < 1.29 is 14.0 Å². The van der Waals surface area contributed by atoms with Gasteiger partial charge in [-0.3, -0.25) is 9.59 Å². The zero-order valence-electron chi connectivity index (χ0n) is 15.1. The summed E-state index contributed by atoms with van der Waals surface area (Å²) in [6.45, 7) is 4.81. The fourth-order valence-electron chi connectivity index (χ4n) is 3.37. The second kappa shape index (κ2) is 7.68. The number of nitrogens with one attached hydrogen (secondary N) is 1. The summed E-state index contributed by atoms with van der Waals surface area (Å²) in [6.07, 6.45) is 1.45. The molecule has 1 aliphatic rings. The lowest BCUT2D eigenvalue weighted by molar-refractivity contribution is -0.121. The van der Waals surface area contributed by atoms with Crippen molar-refractivity contribution in [3.63, 3.8) is 0 Å². The van der Waals surface area contributed by atoms with Crippen LogP contribution in [0, 0.1) is 25.6 Å². The normalized spacial score (nSPS) is 17.0. The minimum absolute atomic E-state index is 0.0583. The first-order chi connectivity index (χ1) is 12.5. The first kappa shape index (κ1) is 18.1. The highest BCUT2D eigenvalue weighted by Gasteiger charge is 2.30. The number of carbonyl (C=O) groups is 2. The molecule has 26 heavy (non-hydrogen) atoms. The van der Waals surface area contributed by atoms with E-state index in [2.05, 4.69) is 5.32 Å². The average molecular weight is 354 g/mol. The number of rotatable bonds is 3. The highest BCUT2D eigenvalue weighted by molar-refractivity contribution is 5.96. The Hall–Kier alpha value is -2.69. The lowest BCUT2D eigenvalue weighted by Crippen LogP contribution is -2.44. The second-order valence-corrected chi connectivity index (χ2v) is 6.88. The van der Waals surface area contributed by atoms with Crippen LogP contribution < -0.4 is 5.32 Å². The Morgan fingerprint density at radius 1 is 1.15 bits per heavy atom. The summed E-state index contributed by atoms with van der Waals surface area (Å²) >= 11 is 0. The molecule has 1 aliphatic heterocycles. The van der Waals surface area contributed by atoms with E-state index in [4.69, 9.17) is 0 Å². The van der Waals surface area contributed by atoms with E-state index in [-0.39, 0.29) is 23.3 Å². The molecule has 4 nitrogen and oxygen atoms in total. The predicted molar refractivity (Wildman–Crippen MR) is 99.6 cm³/mol. The Morgan fingerprint density at radius 3 is 2.65 bits per heavy atom. The molecule has 2 amide bonds. The van der Waals surface area contributed by atoms with Crippen molar-refractivity contribution in [3.8, 4) is 0 Å². The van der Waals surface area contributed by atoms with Crippen molar-refractivity contribution >= 4 is 17.5 Å². The van der Waals surface area contributed by atoms with Gasteiger partial charge < -0.3 is 10.2 Å². The van der Waals surface area contributed by atoms with Gasteiger partial charge in [-0.25, -0.2) is 4.39 Å². The molecule has 1 N–H and O–H groups in total. The molecular formula is C21H23FN2O2. The summed E-state index contributed by atoms with van der Waals surface area (Å²) in [5.41, 5.74) is 2.99. The van der Waals surface area contributed by atoms with Gasteiger partial charge in [0.1, 0.15) is 5.82 Å². The van der Waals surface area contributed by atoms with Gasteiger partial charge in [-0.15, -0.1) is 0 Å². The van der Waals surface area contributed by atoms with Crippen molar-refractivity contribution in [2.45, 2.75) is 26.7 Å². The fourth-order valence-corrected chi connectivity index (χ4v) is 3.37. The summed E-state index contributed by atoms with van der Waals surface area (Å²) in [4.78, 5) is 26.8. The van der Waals surface area contributed by atoms with Crippen LogP contribution in [0.5, 0.6) is 0 Å². The fraction of sp³-hybridized carbons (Fsp3) is 0.333. The van der Waals surface area contributed by atoms with Gasteiger partial charge in [0.2, 0.25) is 5.91 Å². The molecule has 1 heterocycles. The number of likely N-dealkylation sites (tertiary alicyclic amines) is 1. The summed E-state index contributed by atoms with van der Waals surface area (Å²) in [5, 5.41) is 2.97. The monoisotopic (exact) mass is 354 g/mol. The van der Waals surface area contributed by atoms with E-state index in [1.165, 1.54) is 12.1 Å². The topological polar surface area (TPSA) is 49.4 Å². The Morgan fingerprint density at radius 2 is 1.92 bits per heavy atom. The summed E-state index contributed by atoms with van der Waals surface area (Å²) in [7, 11) is 0. The molecule has 1 fully saturated rings. The standard InChI is InChI=1S/C21H23FN2O2/c1-14-9-10-19(15(2)12-14)23-20(25)16-6-5-11-24(13-16)21(26)17-7-3-4-8-18(17)22/h3-4,7-10,12,16H,5-6,11,13H2,1-2H3,(H,23,25)/t16-/m1/s1. The molecule has 1 saturated heterocycles. The third kappa shape index (κ3) is 3.93. The van der Waals surface area contributed by atoms with Crippen LogP contribution >= 0.6 is 0 Å². The predicted octanol–water partition coefficient (Wildman–Crippen LogP) is 3.93. The molecule has 0 spiro atoms. The number of anilines is 1. The molecule has 0 radical (unpaired) electrons. The van der Waals surface area contributed by atoms with E-state index in [0.717, 1.165) is 29.7 Å². The van der Waals surface area contributed by atoms with Crippen molar-refractivity contribution in [1.82, 2.24) is 4.90 Å². The largest absolute Gasteiger partial charge is 0.338 e. The van der Waals surface area contributed by atoms with Gasteiger partial charge in [0.25, 0.3) is 5.91 Å². The zero-order chi connectivity index (χ0) is 18.7. The van der Waals surface area contributed by atoms with Crippen molar-refractivity contribution in [2.24, 2.45) is 5.92 Å². The first-order valence-electron chi connectivity index (χ1n) is 8.87. The van der Waals surface area contributed by atoms with Crippen LogP contribution in [0.25, 0.3) is 0 Å². The van der Waals surface area contributed by atoms with Gasteiger partial charge in [0.15, 0.2) is 0 Å². The Balaban J connectivity index is 1.69. The van der Waals surface area contributed by atoms with E-state index in [1.807, 2.05) is 32.0 Å². The number of hydrogen-bond acceptors (Lipinski definition) is 2. The molecular weight excluding hydrogens is 331 g/mol. The molecule has 0 unspecified atom stereocenters. The van der Waals surface area contributed by atoms with Crippen LogP contribution in [-0.4, -0.2) is 29.8 Å². The number of nitrogens with zero attached hydrogens (tertiary/aromatic N) is 1. The molecule has 0 bridgehead atoms. The summed E-state index contributed by atoms with van der Waals surface area (Å²) in [6, 6.07) is 11.8. The lowest BCUT2D eigenvalue weighted by Gasteiger charge is -2.32. The van der Waals surface area contributed by atoms with E-state index in [1.54, 1.807) is 17.0 Å². The minimum atomic E-state index is -0.528. The molecule has 3 rings (SSSR count). The summed E-state index contributed by atoms with van der Waals surface area (Å²) < 4.78 is 13.9. The van der Waals surface area contributed by atoms with Crippen LogP contribution in [0.1, 0.15) is 34.3 Å². The van der Waals surface area contributed by atoms with Crippen LogP contribution in [0.3, 0.4) is 0 Å². The number of benzene rings is 2. The summed E-state index contributed by atoms with van der Waals surface area (Å²) in [5.74, 6) is -1.27. The van der Waals surface area contributed by atoms with Gasteiger partial charge in [-0.1, -0.05) is 29.8 Å². The Bertz CT molecular complexity index is 835. The molecule has 2 aromatic rings. The number of amides is 2. The van der Waals surface area contributed by atoms with Crippen molar-refractivity contribution in [1.29, 1.82) is 0 Å². The van der Waals surface area contributed by atoms with E-state index < -0.39 is 5.82 Å². The maximum atomic E-state index is 13.9. The zero-order valence-corrected chi connectivity index (χ0v) is 15.1. The molecule has 0 saturated carbocycles. The van der Waals surface area contributed by atoms with E-state index in [0.29, 0.717) is 13.1 Å². The third-order valence-electron chi connectivity index (χ3n) is 4.82. The number of carbonyl (C=O) groups excluding carboxylic acids is 2. The van der Waals surface area contributed by atoms with Gasteiger partial charge in [0, 0.05) is 18.8 Å². The molecule has 0 aromatic heterocycles. The van der Waals surface area contributed by atoms with Gasteiger partial charge in [0.05, 0.1) is 11.5 Å². The molecule has 2 aromatic carbocycles. The molecule has 136 valence electrons. The number of piperidine rings is 1. The molecule has 0 aliphatic carbocycles. The van der Waals surface area contributed by atoms with E-state index >= 15 is 0 Å². The van der Waals surface area contributed by atoms with Crippen LogP contribution in [-0.2, 0) is 4.79 Å². The molecule has 1 atom stereocenters. The van der Waals surface area contributed by atoms with Crippen LogP contribution in [0.15, 0.2) is 42.5 Å². The minimum Gasteiger partial charge on any atom is -0.338 e. The third-order valence-corrected chi connectivity index (χ3v) is 4.82. The highest BCUT2D eigenvalue weighted by Crippen LogP contribution is 2.23. The average Bonchev–Trinajstić information content (AvgIpc) is 2.64. The van der Waals surface area contributed by atoms with Gasteiger partial charge in [-0.2, -0.15) is 0 Å². The smallest absolute Gasteiger partial charge is 0.256 e. The quantitative estimate of drug-likeness (QED) is 0.908. The van der Waals surface area contributed by atoms with Crippen LogP contribution in [0.4, 0.5) is 10.1 Å².